The molecule has 0 saturated carbocycles. The van der Waals surface area contributed by atoms with E-state index in [4.69, 9.17) is 13.9 Å². The van der Waals surface area contributed by atoms with Crippen molar-refractivity contribution in [1.82, 2.24) is 20.5 Å². The van der Waals surface area contributed by atoms with Gasteiger partial charge in [0, 0.05) is 42.9 Å². The lowest BCUT2D eigenvalue weighted by Crippen LogP contribution is -2.34. The van der Waals surface area contributed by atoms with Gasteiger partial charge in [-0.15, -0.1) is 10.2 Å². The number of aromatic amines is 1. The molecule has 8 nitrogen and oxygen atoms in total. The molecule has 0 saturated heterocycles. The lowest BCUT2D eigenvalue weighted by atomic mass is 10.1. The van der Waals surface area contributed by atoms with E-state index >= 15 is 0 Å². The minimum absolute atomic E-state index is 0.0569. The van der Waals surface area contributed by atoms with Gasteiger partial charge in [-0.3, -0.25) is 4.79 Å². The Balaban J connectivity index is 1.05. The quantitative estimate of drug-likeness (QED) is 0.442. The maximum Gasteiger partial charge on any atom is 0.221 e. The van der Waals surface area contributed by atoms with Gasteiger partial charge in [0.1, 0.15) is 12.7 Å². The number of aryl methyl sites for hydroxylation is 1. The Morgan fingerprint density at radius 2 is 1.88 bits per heavy atom. The van der Waals surface area contributed by atoms with Crippen LogP contribution in [0.5, 0.6) is 11.5 Å². The second-order valence-electron chi connectivity index (χ2n) is 7.76. The van der Waals surface area contributed by atoms with Crippen LogP contribution in [0.4, 0.5) is 0 Å². The van der Waals surface area contributed by atoms with Crippen LogP contribution in [-0.4, -0.2) is 40.3 Å². The van der Waals surface area contributed by atoms with Crippen molar-refractivity contribution in [3.8, 4) is 11.5 Å². The molecule has 1 atom stereocenters. The highest BCUT2D eigenvalue weighted by atomic mass is 16.6. The maximum atomic E-state index is 12.2. The Labute approximate surface area is 184 Å². The van der Waals surface area contributed by atoms with E-state index in [2.05, 4.69) is 26.6 Å². The number of ether oxygens (including phenoxy) is 2. The van der Waals surface area contributed by atoms with Crippen LogP contribution in [0.2, 0.25) is 0 Å². The number of aromatic nitrogens is 3. The predicted molar refractivity (Wildman–Crippen MR) is 118 cm³/mol. The van der Waals surface area contributed by atoms with Crippen LogP contribution in [-0.2, 0) is 17.6 Å². The lowest BCUT2D eigenvalue weighted by Gasteiger charge is -2.26. The SMILES string of the molecule is O=C(CCc1nnc(Cc2c[nH]c3ccccc23)o1)NCCC1COc2ccccc2O1. The molecule has 0 bridgehead atoms. The number of fused-ring (bicyclic) bond motifs is 2. The highest BCUT2D eigenvalue weighted by Crippen LogP contribution is 2.31. The number of hydrogen-bond acceptors (Lipinski definition) is 6. The zero-order valence-electron chi connectivity index (χ0n) is 17.5. The van der Waals surface area contributed by atoms with Gasteiger partial charge in [-0.1, -0.05) is 30.3 Å². The predicted octanol–water partition coefficient (Wildman–Crippen LogP) is 3.42. The molecule has 2 aromatic carbocycles. The molecule has 0 aliphatic carbocycles. The molecule has 1 amide bonds. The summed E-state index contributed by atoms with van der Waals surface area (Å²) in [4.78, 5) is 15.4. The van der Waals surface area contributed by atoms with Crippen molar-refractivity contribution in [2.45, 2.75) is 31.8 Å². The molecular formula is C24H24N4O4. The Kier molecular flexibility index (Phi) is 5.74. The third-order valence-corrected chi connectivity index (χ3v) is 5.45. The molecule has 1 unspecified atom stereocenters. The van der Waals surface area contributed by atoms with Gasteiger partial charge in [0.2, 0.25) is 17.7 Å². The molecule has 3 heterocycles. The summed E-state index contributed by atoms with van der Waals surface area (Å²) in [5.41, 5.74) is 2.18. The average Bonchev–Trinajstić information content (AvgIpc) is 3.45. The highest BCUT2D eigenvalue weighted by molar-refractivity contribution is 5.83. The molecule has 2 N–H and O–H groups in total. The summed E-state index contributed by atoms with van der Waals surface area (Å²) in [6, 6.07) is 15.7. The van der Waals surface area contributed by atoms with Crippen LogP contribution in [0.25, 0.3) is 10.9 Å². The average molecular weight is 432 g/mol. The summed E-state index contributed by atoms with van der Waals surface area (Å²) in [6.07, 6.45) is 3.81. The molecular weight excluding hydrogens is 408 g/mol. The standard InChI is InChI=1S/C24H24N4O4/c29-22(25-12-11-17-15-30-20-7-3-4-8-21(20)31-17)9-10-23-27-28-24(32-23)13-16-14-26-19-6-2-1-5-18(16)19/h1-8,14,17,26H,9-13,15H2,(H,25,29). The second kappa shape index (κ2) is 9.13. The van der Waals surface area contributed by atoms with Crippen molar-refractivity contribution < 1.29 is 18.7 Å². The van der Waals surface area contributed by atoms with Crippen molar-refractivity contribution in [3.05, 3.63) is 72.1 Å². The summed E-state index contributed by atoms with van der Waals surface area (Å²) >= 11 is 0. The van der Waals surface area contributed by atoms with Gasteiger partial charge >= 0.3 is 0 Å². The molecule has 32 heavy (non-hydrogen) atoms. The molecule has 1 aliphatic rings. The third kappa shape index (κ3) is 4.59. The number of H-pyrrole nitrogens is 1. The summed E-state index contributed by atoms with van der Waals surface area (Å²) in [5.74, 6) is 2.46. The van der Waals surface area contributed by atoms with E-state index in [0.29, 0.717) is 50.6 Å². The zero-order valence-corrected chi connectivity index (χ0v) is 17.5. The smallest absolute Gasteiger partial charge is 0.221 e. The first-order valence-corrected chi connectivity index (χ1v) is 10.8. The first-order valence-electron chi connectivity index (χ1n) is 10.8. The fraction of sp³-hybridized carbons (Fsp3) is 0.292. The highest BCUT2D eigenvalue weighted by Gasteiger charge is 2.20. The number of rotatable bonds is 8. The first kappa shape index (κ1) is 20.1. The molecule has 1 aliphatic heterocycles. The van der Waals surface area contributed by atoms with Gasteiger partial charge in [0.25, 0.3) is 0 Å². The lowest BCUT2D eigenvalue weighted by molar-refractivity contribution is -0.121. The molecule has 5 rings (SSSR count). The Morgan fingerprint density at radius 3 is 2.81 bits per heavy atom. The van der Waals surface area contributed by atoms with Crippen LogP contribution < -0.4 is 14.8 Å². The first-order chi connectivity index (χ1) is 15.7. The van der Waals surface area contributed by atoms with Gasteiger partial charge in [0.15, 0.2) is 11.5 Å². The summed E-state index contributed by atoms with van der Waals surface area (Å²) in [5, 5.41) is 12.3. The fourth-order valence-electron chi connectivity index (χ4n) is 3.79. The molecule has 0 fully saturated rings. The third-order valence-electron chi connectivity index (χ3n) is 5.45. The number of hydrogen-bond donors (Lipinski definition) is 2. The molecule has 8 heteroatoms. The van der Waals surface area contributed by atoms with E-state index in [1.54, 1.807) is 0 Å². The van der Waals surface area contributed by atoms with E-state index in [9.17, 15) is 4.79 Å². The number of nitrogens with one attached hydrogen (secondary N) is 2. The Hall–Kier alpha value is -3.81. The fourth-order valence-corrected chi connectivity index (χ4v) is 3.79. The van der Waals surface area contributed by atoms with Crippen molar-refractivity contribution in [2.24, 2.45) is 0 Å². The van der Waals surface area contributed by atoms with Crippen molar-refractivity contribution in [1.29, 1.82) is 0 Å². The van der Waals surface area contributed by atoms with Crippen LogP contribution in [0.1, 0.15) is 30.2 Å². The van der Waals surface area contributed by atoms with Crippen LogP contribution in [0.3, 0.4) is 0 Å². The molecule has 4 aromatic rings. The Morgan fingerprint density at radius 1 is 1.06 bits per heavy atom. The molecule has 164 valence electrons. The van der Waals surface area contributed by atoms with E-state index in [-0.39, 0.29) is 12.0 Å². The van der Waals surface area contributed by atoms with E-state index in [1.165, 1.54) is 0 Å². The summed E-state index contributed by atoms with van der Waals surface area (Å²) < 4.78 is 17.3. The van der Waals surface area contributed by atoms with Gasteiger partial charge in [0.05, 0.1) is 6.42 Å². The van der Waals surface area contributed by atoms with Crippen molar-refractivity contribution in [2.75, 3.05) is 13.2 Å². The second-order valence-corrected chi connectivity index (χ2v) is 7.76. The summed E-state index contributed by atoms with van der Waals surface area (Å²) in [7, 11) is 0. The van der Waals surface area contributed by atoms with Gasteiger partial charge in [-0.05, 0) is 23.8 Å². The topological polar surface area (TPSA) is 102 Å². The number of amides is 1. The normalized spacial score (nSPS) is 15.1. The number of carbonyl (C=O) groups is 1. The van der Waals surface area contributed by atoms with Gasteiger partial charge < -0.3 is 24.2 Å². The van der Waals surface area contributed by atoms with E-state index in [1.807, 2.05) is 48.7 Å². The maximum absolute atomic E-state index is 12.2. The van der Waals surface area contributed by atoms with E-state index in [0.717, 1.165) is 28.0 Å². The molecule has 0 radical (unpaired) electrons. The van der Waals surface area contributed by atoms with Crippen molar-refractivity contribution >= 4 is 16.8 Å². The van der Waals surface area contributed by atoms with E-state index < -0.39 is 0 Å². The monoisotopic (exact) mass is 432 g/mol. The van der Waals surface area contributed by atoms with Crippen LogP contribution in [0, 0.1) is 0 Å². The minimum atomic E-state index is -0.0757. The van der Waals surface area contributed by atoms with Gasteiger partial charge in [-0.25, -0.2) is 0 Å². The number of carbonyl (C=O) groups excluding carboxylic acids is 1. The number of para-hydroxylation sites is 3. The van der Waals surface area contributed by atoms with Crippen molar-refractivity contribution in [3.63, 3.8) is 0 Å². The zero-order chi connectivity index (χ0) is 21.8. The Bertz CT molecular complexity index is 1220. The summed E-state index contributed by atoms with van der Waals surface area (Å²) in [6.45, 7) is 0.999. The molecule has 0 spiro atoms. The number of benzene rings is 2. The van der Waals surface area contributed by atoms with Gasteiger partial charge in [-0.2, -0.15) is 0 Å². The van der Waals surface area contributed by atoms with Crippen LogP contribution in [0.15, 0.2) is 59.1 Å². The van der Waals surface area contributed by atoms with Crippen LogP contribution >= 0.6 is 0 Å². The molecule has 2 aromatic heterocycles. The largest absolute Gasteiger partial charge is 0.486 e. The minimum Gasteiger partial charge on any atom is -0.486 e. The number of nitrogens with zero attached hydrogens (tertiary/aromatic N) is 2.